The van der Waals surface area contributed by atoms with Crippen LogP contribution in [0, 0.1) is 35.2 Å². The van der Waals surface area contributed by atoms with E-state index in [0.717, 1.165) is 55.1 Å². The predicted octanol–water partition coefficient (Wildman–Crippen LogP) is 13.0. The van der Waals surface area contributed by atoms with Gasteiger partial charge in [0.15, 0.2) is 11.6 Å². The van der Waals surface area contributed by atoms with E-state index in [4.69, 9.17) is 0 Å². The van der Waals surface area contributed by atoms with Gasteiger partial charge in [-0.2, -0.15) is 0 Å². The largest absolute Gasteiger partial charge is 0.206 e. The van der Waals surface area contributed by atoms with Crippen LogP contribution in [-0.4, -0.2) is 0 Å². The van der Waals surface area contributed by atoms with Crippen LogP contribution in [0.25, 0.3) is 22.3 Å². The minimum absolute atomic E-state index is 0.216. The van der Waals surface area contributed by atoms with Crippen LogP contribution < -0.4 is 0 Å². The van der Waals surface area contributed by atoms with E-state index in [9.17, 15) is 4.39 Å². The van der Waals surface area contributed by atoms with Crippen molar-refractivity contribution in [1.29, 1.82) is 0 Å². The van der Waals surface area contributed by atoms with Gasteiger partial charge in [0, 0.05) is 11.1 Å². The first kappa shape index (κ1) is 32.6. The third-order valence-corrected chi connectivity index (χ3v) is 10.8. The van der Waals surface area contributed by atoms with Gasteiger partial charge >= 0.3 is 0 Å². The Balaban J connectivity index is 1.16. The molecule has 2 saturated carbocycles. The smallest absolute Gasteiger partial charge is 0.166 e. The zero-order valence-electron chi connectivity index (χ0n) is 26.7. The molecule has 0 bridgehead atoms. The van der Waals surface area contributed by atoms with Gasteiger partial charge in [0.25, 0.3) is 0 Å². The molecule has 0 aliphatic heterocycles. The summed E-state index contributed by atoms with van der Waals surface area (Å²) in [5.41, 5.74) is 3.68. The summed E-state index contributed by atoms with van der Waals surface area (Å²) in [6.45, 7) is 6.19. The molecule has 0 spiro atoms. The van der Waals surface area contributed by atoms with Gasteiger partial charge in [-0.25, -0.2) is 13.2 Å². The lowest BCUT2D eigenvalue weighted by molar-refractivity contribution is 0.171. The Bertz CT molecular complexity index is 1340. The van der Waals surface area contributed by atoms with Crippen molar-refractivity contribution in [2.24, 2.45) is 17.8 Å². The SMILES string of the molecule is C=CC1CCC(C2CCC(c3ccc(-c4ccc(-c5ccc(CCCCCCCCC)c(F)c5F)cc4)c(F)c3)CC2)CC1. The average Bonchev–Trinajstić information content (AvgIpc) is 3.06. The van der Waals surface area contributed by atoms with Crippen molar-refractivity contribution < 1.29 is 13.2 Å². The highest BCUT2D eigenvalue weighted by Crippen LogP contribution is 2.44. The van der Waals surface area contributed by atoms with Crippen molar-refractivity contribution >= 4 is 0 Å². The molecule has 2 fully saturated rings. The van der Waals surface area contributed by atoms with Crippen LogP contribution in [0.15, 0.2) is 67.3 Å². The van der Waals surface area contributed by atoms with Crippen molar-refractivity contribution in [1.82, 2.24) is 0 Å². The molecule has 3 aromatic carbocycles. The number of hydrogen-bond donors (Lipinski definition) is 0. The summed E-state index contributed by atoms with van der Waals surface area (Å²) in [7, 11) is 0. The monoisotopic (exact) mass is 600 g/mol. The third-order valence-electron chi connectivity index (χ3n) is 10.8. The van der Waals surface area contributed by atoms with Gasteiger partial charge in [-0.15, -0.1) is 6.58 Å². The fourth-order valence-corrected chi connectivity index (χ4v) is 7.90. The molecule has 2 aliphatic carbocycles. The van der Waals surface area contributed by atoms with Crippen LogP contribution in [0.5, 0.6) is 0 Å². The standard InChI is InChI=1S/C41H51F3/c1-3-5-6-7-8-9-10-11-35-24-27-38(41(44)40(35)43)34-22-20-33(21-23-34)37-26-25-36(28-39(37)42)32-18-16-31(17-19-32)30-14-12-29(4-2)13-15-30/h4,20-32H,2-3,5-19H2,1H3. The maximum atomic E-state index is 15.4. The maximum absolute atomic E-state index is 15.4. The molecule has 0 nitrogen and oxygen atoms in total. The highest BCUT2D eigenvalue weighted by atomic mass is 19.2. The fourth-order valence-electron chi connectivity index (χ4n) is 7.90. The van der Waals surface area contributed by atoms with Crippen LogP contribution in [-0.2, 0) is 6.42 Å². The van der Waals surface area contributed by atoms with Crippen LogP contribution >= 0.6 is 0 Å². The second-order valence-electron chi connectivity index (χ2n) is 13.6. The number of unbranched alkanes of at least 4 members (excludes halogenated alkanes) is 6. The van der Waals surface area contributed by atoms with E-state index in [1.54, 1.807) is 30.3 Å². The van der Waals surface area contributed by atoms with Crippen LogP contribution in [0.2, 0.25) is 0 Å². The van der Waals surface area contributed by atoms with E-state index in [1.165, 1.54) is 64.2 Å². The molecule has 44 heavy (non-hydrogen) atoms. The molecule has 0 aromatic heterocycles. The van der Waals surface area contributed by atoms with E-state index in [-0.39, 0.29) is 11.4 Å². The predicted molar refractivity (Wildman–Crippen MR) is 179 cm³/mol. The lowest BCUT2D eigenvalue weighted by atomic mass is 9.68. The lowest BCUT2D eigenvalue weighted by Crippen LogP contribution is -2.25. The van der Waals surface area contributed by atoms with Gasteiger partial charge in [-0.05, 0) is 116 Å². The Morgan fingerprint density at radius 3 is 1.82 bits per heavy atom. The molecule has 0 atom stereocenters. The topological polar surface area (TPSA) is 0 Å². The van der Waals surface area contributed by atoms with Crippen molar-refractivity contribution in [3.8, 4) is 22.3 Å². The van der Waals surface area contributed by atoms with Crippen molar-refractivity contribution in [2.75, 3.05) is 0 Å². The van der Waals surface area contributed by atoms with Crippen LogP contribution in [0.4, 0.5) is 13.2 Å². The highest BCUT2D eigenvalue weighted by Gasteiger charge is 2.31. The summed E-state index contributed by atoms with van der Waals surface area (Å²) in [4.78, 5) is 0. The summed E-state index contributed by atoms with van der Waals surface area (Å²) in [6.07, 6.45) is 20.7. The number of aryl methyl sites for hydroxylation is 1. The van der Waals surface area contributed by atoms with E-state index in [2.05, 4.69) is 25.6 Å². The minimum Gasteiger partial charge on any atom is -0.206 e. The molecule has 0 unspecified atom stereocenters. The Hall–Kier alpha value is -2.81. The van der Waals surface area contributed by atoms with Gasteiger partial charge < -0.3 is 0 Å². The van der Waals surface area contributed by atoms with Crippen molar-refractivity contribution in [2.45, 2.75) is 116 Å². The van der Waals surface area contributed by atoms with E-state index >= 15 is 8.78 Å². The number of benzene rings is 3. The molecule has 0 heterocycles. The molecular formula is C41H51F3. The summed E-state index contributed by atoms with van der Waals surface area (Å²) in [6, 6.07) is 16.3. The zero-order chi connectivity index (χ0) is 30.9. The van der Waals surface area contributed by atoms with Gasteiger partial charge in [0.1, 0.15) is 5.82 Å². The molecule has 5 rings (SSSR count). The summed E-state index contributed by atoms with van der Waals surface area (Å²) < 4.78 is 45.4. The summed E-state index contributed by atoms with van der Waals surface area (Å²) in [5.74, 6) is 1.05. The Morgan fingerprint density at radius 1 is 0.636 bits per heavy atom. The van der Waals surface area contributed by atoms with Crippen LogP contribution in [0.1, 0.15) is 120 Å². The molecule has 0 amide bonds. The van der Waals surface area contributed by atoms with E-state index < -0.39 is 11.6 Å². The molecule has 0 N–H and O–H groups in total. The number of hydrogen-bond acceptors (Lipinski definition) is 0. The maximum Gasteiger partial charge on any atom is 0.166 e. The Kier molecular flexibility index (Phi) is 11.8. The Labute approximate surface area is 264 Å². The second-order valence-corrected chi connectivity index (χ2v) is 13.6. The normalized spacial score (nSPS) is 22.2. The molecular weight excluding hydrogens is 549 g/mol. The van der Waals surface area contributed by atoms with Gasteiger partial charge in [-0.3, -0.25) is 0 Å². The quantitative estimate of drug-likeness (QED) is 0.135. The molecule has 3 aromatic rings. The van der Waals surface area contributed by atoms with Crippen molar-refractivity contribution in [3.63, 3.8) is 0 Å². The van der Waals surface area contributed by atoms with Gasteiger partial charge in [0.05, 0.1) is 0 Å². The van der Waals surface area contributed by atoms with Gasteiger partial charge in [0.2, 0.25) is 0 Å². The third kappa shape index (κ3) is 8.06. The molecule has 0 radical (unpaired) electrons. The molecule has 2 aliphatic rings. The highest BCUT2D eigenvalue weighted by molar-refractivity contribution is 5.71. The van der Waals surface area contributed by atoms with Crippen LogP contribution in [0.3, 0.4) is 0 Å². The van der Waals surface area contributed by atoms with E-state index in [0.29, 0.717) is 34.9 Å². The number of rotatable bonds is 13. The first-order valence-electron chi connectivity index (χ1n) is 17.5. The second kappa shape index (κ2) is 16.0. The van der Waals surface area contributed by atoms with E-state index in [1.807, 2.05) is 18.2 Å². The molecule has 236 valence electrons. The van der Waals surface area contributed by atoms with Gasteiger partial charge in [-0.1, -0.05) is 100 Å². The Morgan fingerprint density at radius 2 is 1.20 bits per heavy atom. The zero-order valence-corrected chi connectivity index (χ0v) is 26.7. The lowest BCUT2D eigenvalue weighted by Gasteiger charge is -2.37. The molecule has 0 saturated heterocycles. The number of allylic oxidation sites excluding steroid dienone is 1. The molecule has 3 heteroatoms. The van der Waals surface area contributed by atoms with Crippen molar-refractivity contribution in [3.05, 3.63) is 95.8 Å². The fraction of sp³-hybridized carbons (Fsp3) is 0.512. The first-order valence-corrected chi connectivity index (χ1v) is 17.5. The number of halogens is 3. The average molecular weight is 601 g/mol. The first-order chi connectivity index (χ1) is 21.5. The summed E-state index contributed by atoms with van der Waals surface area (Å²) >= 11 is 0. The summed E-state index contributed by atoms with van der Waals surface area (Å²) in [5, 5.41) is 0. The minimum atomic E-state index is -0.798.